The molecule has 5 heteroatoms. The van der Waals surface area contributed by atoms with Gasteiger partial charge in [0, 0.05) is 49.1 Å². The monoisotopic (exact) mass is 530 g/mol. The van der Waals surface area contributed by atoms with Crippen molar-refractivity contribution in [3.05, 3.63) is 138 Å². The van der Waals surface area contributed by atoms with Gasteiger partial charge in [-0.05, 0) is 40.5 Å². The lowest BCUT2D eigenvalue weighted by molar-refractivity contribution is -0.135. The average Bonchev–Trinajstić information content (AvgIpc) is 3.38. The molecule has 40 heavy (non-hydrogen) atoms. The first kappa shape index (κ1) is 25.9. The number of hydrogen-bond donors (Lipinski definition) is 0. The van der Waals surface area contributed by atoms with Crippen LogP contribution in [-0.2, 0) is 22.7 Å². The Balaban J connectivity index is 1.36. The van der Waals surface area contributed by atoms with Crippen LogP contribution in [0.1, 0.15) is 34.6 Å². The molecule has 5 aromatic rings. The van der Waals surface area contributed by atoms with Gasteiger partial charge in [0.05, 0.1) is 13.2 Å². The van der Waals surface area contributed by atoms with Crippen LogP contribution in [0.2, 0.25) is 0 Å². The van der Waals surface area contributed by atoms with Crippen LogP contribution >= 0.6 is 0 Å². The summed E-state index contributed by atoms with van der Waals surface area (Å²) >= 11 is 0. The van der Waals surface area contributed by atoms with Crippen LogP contribution in [0.15, 0.2) is 115 Å². The zero-order valence-electron chi connectivity index (χ0n) is 22.6. The molecular formula is C35H34N2O3. The van der Waals surface area contributed by atoms with E-state index in [0.717, 1.165) is 29.0 Å². The summed E-state index contributed by atoms with van der Waals surface area (Å²) in [6.45, 7) is 3.73. The molecule has 4 aromatic carbocycles. The normalized spacial score (nSPS) is 14.2. The lowest BCUT2D eigenvalue weighted by Gasteiger charge is -2.29. The minimum absolute atomic E-state index is 0.113. The highest BCUT2D eigenvalue weighted by molar-refractivity contribution is 5.87. The van der Waals surface area contributed by atoms with Gasteiger partial charge in [0.2, 0.25) is 5.91 Å². The first-order valence-corrected chi connectivity index (χ1v) is 14.0. The lowest BCUT2D eigenvalue weighted by atomic mass is 9.87. The van der Waals surface area contributed by atoms with Crippen LogP contribution in [0.4, 0.5) is 0 Å². The Morgan fingerprint density at radius 3 is 2.27 bits per heavy atom. The number of fused-ring (bicyclic) bond motifs is 1. The highest BCUT2D eigenvalue weighted by atomic mass is 16.5. The van der Waals surface area contributed by atoms with Crippen molar-refractivity contribution < 1.29 is 14.3 Å². The third-order valence-electron chi connectivity index (χ3n) is 7.64. The largest absolute Gasteiger partial charge is 0.489 e. The molecule has 1 aliphatic heterocycles. The van der Waals surface area contributed by atoms with Crippen molar-refractivity contribution in [1.29, 1.82) is 0 Å². The second-order valence-corrected chi connectivity index (χ2v) is 10.3. The van der Waals surface area contributed by atoms with E-state index in [-0.39, 0.29) is 11.8 Å². The maximum atomic E-state index is 13.6. The molecule has 1 amide bonds. The van der Waals surface area contributed by atoms with Crippen LogP contribution < -0.4 is 4.74 Å². The van der Waals surface area contributed by atoms with Gasteiger partial charge in [0.1, 0.15) is 12.4 Å². The second-order valence-electron chi connectivity index (χ2n) is 10.3. The standard InChI is InChI=1S/C35H34N2O3/c38-35(36-18-20-39-21-19-36)23-32(29-14-9-15-30(22-29)40-26-28-12-5-2-6-13-28)33-25-37(24-27-10-3-1-4-11-27)34-17-8-7-16-31(33)34/h1-17,22,25,32H,18-21,23-24,26H2/t32-/m1/s1. The van der Waals surface area contributed by atoms with Crippen molar-refractivity contribution in [2.75, 3.05) is 26.3 Å². The van der Waals surface area contributed by atoms with E-state index in [2.05, 4.69) is 83.6 Å². The van der Waals surface area contributed by atoms with Crippen LogP contribution in [-0.4, -0.2) is 41.7 Å². The minimum Gasteiger partial charge on any atom is -0.489 e. The molecule has 6 rings (SSSR count). The fourth-order valence-electron chi connectivity index (χ4n) is 5.55. The molecule has 5 nitrogen and oxygen atoms in total. The highest BCUT2D eigenvalue weighted by Crippen LogP contribution is 2.37. The van der Waals surface area contributed by atoms with Gasteiger partial charge >= 0.3 is 0 Å². The maximum Gasteiger partial charge on any atom is 0.223 e. The number of ether oxygens (including phenoxy) is 2. The smallest absolute Gasteiger partial charge is 0.223 e. The van der Waals surface area contributed by atoms with E-state index in [1.54, 1.807) is 0 Å². The molecule has 1 aliphatic rings. The summed E-state index contributed by atoms with van der Waals surface area (Å²) in [6, 6.07) is 37.4. The van der Waals surface area contributed by atoms with E-state index in [0.29, 0.717) is 39.3 Å². The quantitative estimate of drug-likeness (QED) is 0.214. The molecule has 0 aliphatic carbocycles. The van der Waals surface area contributed by atoms with Gasteiger partial charge < -0.3 is 18.9 Å². The van der Waals surface area contributed by atoms with E-state index in [1.807, 2.05) is 41.3 Å². The first-order valence-electron chi connectivity index (χ1n) is 14.0. The first-order chi connectivity index (χ1) is 19.7. The number of hydrogen-bond acceptors (Lipinski definition) is 3. The van der Waals surface area contributed by atoms with Crippen LogP contribution in [0, 0.1) is 0 Å². The molecule has 1 fully saturated rings. The SMILES string of the molecule is O=C(C[C@H](c1cccc(OCc2ccccc2)c1)c1cn(Cc2ccccc2)c2ccccc12)N1CCOCC1. The Labute approximate surface area is 235 Å². The number of rotatable bonds is 9. The van der Waals surface area contributed by atoms with E-state index in [9.17, 15) is 4.79 Å². The summed E-state index contributed by atoms with van der Waals surface area (Å²) in [5, 5.41) is 1.17. The lowest BCUT2D eigenvalue weighted by Crippen LogP contribution is -2.41. The zero-order valence-corrected chi connectivity index (χ0v) is 22.6. The third kappa shape index (κ3) is 5.95. The van der Waals surface area contributed by atoms with Crippen LogP contribution in [0.3, 0.4) is 0 Å². The highest BCUT2D eigenvalue weighted by Gasteiger charge is 2.26. The summed E-state index contributed by atoms with van der Waals surface area (Å²) in [7, 11) is 0. The fourth-order valence-corrected chi connectivity index (χ4v) is 5.55. The molecule has 1 aromatic heterocycles. The van der Waals surface area contributed by atoms with Crippen molar-refractivity contribution in [3.63, 3.8) is 0 Å². The molecular weight excluding hydrogens is 496 g/mol. The van der Waals surface area contributed by atoms with Crippen molar-refractivity contribution in [2.45, 2.75) is 25.5 Å². The number of nitrogens with zero attached hydrogens (tertiary/aromatic N) is 2. The molecule has 0 radical (unpaired) electrons. The van der Waals surface area contributed by atoms with Crippen molar-refractivity contribution in [3.8, 4) is 5.75 Å². The van der Waals surface area contributed by atoms with Gasteiger partial charge in [-0.25, -0.2) is 0 Å². The summed E-state index contributed by atoms with van der Waals surface area (Å²) in [5.74, 6) is 0.847. The van der Waals surface area contributed by atoms with Crippen molar-refractivity contribution in [1.82, 2.24) is 9.47 Å². The van der Waals surface area contributed by atoms with Crippen molar-refractivity contribution >= 4 is 16.8 Å². The van der Waals surface area contributed by atoms with E-state index in [4.69, 9.17) is 9.47 Å². The Morgan fingerprint density at radius 1 is 0.800 bits per heavy atom. The van der Waals surface area contributed by atoms with E-state index in [1.165, 1.54) is 16.5 Å². The topological polar surface area (TPSA) is 43.7 Å². The third-order valence-corrected chi connectivity index (χ3v) is 7.64. The number of carbonyl (C=O) groups is 1. The number of aromatic nitrogens is 1. The zero-order chi connectivity index (χ0) is 27.1. The second kappa shape index (κ2) is 12.2. The summed E-state index contributed by atoms with van der Waals surface area (Å²) in [5.41, 5.74) is 5.77. The molecule has 1 saturated heterocycles. The molecule has 0 unspecified atom stereocenters. The van der Waals surface area contributed by atoms with Crippen LogP contribution in [0.5, 0.6) is 5.75 Å². The molecule has 0 N–H and O–H groups in total. The number of carbonyl (C=O) groups excluding carboxylic acids is 1. The van der Waals surface area contributed by atoms with Gasteiger partial charge in [-0.15, -0.1) is 0 Å². The van der Waals surface area contributed by atoms with Gasteiger partial charge in [-0.1, -0.05) is 91.0 Å². The summed E-state index contributed by atoms with van der Waals surface area (Å²) in [4.78, 5) is 15.6. The Bertz CT molecular complexity index is 1560. The Hall–Kier alpha value is -4.35. The number of para-hydroxylation sites is 1. The molecule has 0 bridgehead atoms. The van der Waals surface area contributed by atoms with Crippen LogP contribution in [0.25, 0.3) is 10.9 Å². The number of benzene rings is 4. The van der Waals surface area contributed by atoms with Crippen molar-refractivity contribution in [2.24, 2.45) is 0 Å². The predicted octanol–water partition coefficient (Wildman–Crippen LogP) is 6.65. The van der Waals surface area contributed by atoms with Gasteiger partial charge in [0.15, 0.2) is 0 Å². The maximum absolute atomic E-state index is 13.6. The van der Waals surface area contributed by atoms with Gasteiger partial charge in [0.25, 0.3) is 0 Å². The Morgan fingerprint density at radius 2 is 1.50 bits per heavy atom. The minimum atomic E-state index is -0.113. The number of morpholine rings is 1. The average molecular weight is 531 g/mol. The molecule has 0 saturated carbocycles. The molecule has 1 atom stereocenters. The molecule has 2 heterocycles. The van der Waals surface area contributed by atoms with Gasteiger partial charge in [-0.3, -0.25) is 4.79 Å². The van der Waals surface area contributed by atoms with E-state index >= 15 is 0 Å². The number of amides is 1. The Kier molecular flexibility index (Phi) is 7.92. The summed E-state index contributed by atoms with van der Waals surface area (Å²) in [6.07, 6.45) is 2.63. The van der Waals surface area contributed by atoms with Gasteiger partial charge in [-0.2, -0.15) is 0 Å². The fraction of sp³-hybridized carbons (Fsp3) is 0.229. The predicted molar refractivity (Wildman–Crippen MR) is 159 cm³/mol. The molecule has 202 valence electrons. The van der Waals surface area contributed by atoms with E-state index < -0.39 is 0 Å². The summed E-state index contributed by atoms with van der Waals surface area (Å²) < 4.78 is 14.0. The molecule has 0 spiro atoms.